The summed E-state index contributed by atoms with van der Waals surface area (Å²) in [6, 6.07) is 31.6. The second kappa shape index (κ2) is 6.27. The first kappa shape index (κ1) is 14.0. The van der Waals surface area contributed by atoms with Crippen molar-refractivity contribution in [2.24, 2.45) is 0 Å². The van der Waals surface area contributed by atoms with E-state index in [4.69, 9.17) is 4.84 Å². The van der Waals surface area contributed by atoms with Crippen LogP contribution in [0.3, 0.4) is 0 Å². The average Bonchev–Trinajstić information content (AvgIpc) is 3.09. The molecule has 0 unspecified atom stereocenters. The van der Waals surface area contributed by atoms with E-state index in [9.17, 15) is 0 Å². The number of hydrogen-bond donors (Lipinski definition) is 0. The van der Waals surface area contributed by atoms with Crippen molar-refractivity contribution in [3.8, 4) is 0 Å². The Morgan fingerprint density at radius 2 is 1.17 bits per heavy atom. The largest absolute Gasteiger partial charge is 0.265 e. The van der Waals surface area contributed by atoms with E-state index in [1.165, 1.54) is 11.1 Å². The molecule has 1 saturated heterocycles. The van der Waals surface area contributed by atoms with Gasteiger partial charge in [0, 0.05) is 6.42 Å². The fourth-order valence-electron chi connectivity index (χ4n) is 3.18. The second-order valence-electron chi connectivity index (χ2n) is 5.83. The summed E-state index contributed by atoms with van der Waals surface area (Å²) in [5.41, 5.74) is 3.61. The lowest BCUT2D eigenvalue weighted by Crippen LogP contribution is -2.21. The summed E-state index contributed by atoms with van der Waals surface area (Å²) in [5, 5.41) is 2.06. The molecule has 3 aromatic carbocycles. The highest BCUT2D eigenvalue weighted by molar-refractivity contribution is 5.47. The molecule has 1 fully saturated rings. The molecule has 0 spiro atoms. The third-order valence-corrected chi connectivity index (χ3v) is 4.33. The maximum Gasteiger partial charge on any atom is 0.113 e. The zero-order valence-electron chi connectivity index (χ0n) is 12.9. The number of nitrogens with zero attached hydrogens (tertiary/aromatic N) is 1. The molecule has 0 amide bonds. The van der Waals surface area contributed by atoms with Crippen LogP contribution in [0.25, 0.3) is 0 Å². The normalized spacial score (nSPS) is 20.6. The van der Waals surface area contributed by atoms with E-state index in [0.29, 0.717) is 0 Å². The van der Waals surface area contributed by atoms with Crippen molar-refractivity contribution in [1.29, 1.82) is 0 Å². The van der Waals surface area contributed by atoms with Gasteiger partial charge in [-0.1, -0.05) is 78.9 Å². The molecule has 1 aliphatic heterocycles. The van der Waals surface area contributed by atoms with E-state index in [-0.39, 0.29) is 12.1 Å². The first-order valence-corrected chi connectivity index (χ1v) is 8.03. The van der Waals surface area contributed by atoms with Gasteiger partial charge in [-0.2, -0.15) is 0 Å². The molecule has 1 aliphatic rings. The monoisotopic (exact) mass is 301 g/mol. The van der Waals surface area contributed by atoms with Crippen LogP contribution in [0.15, 0.2) is 91.0 Å². The Morgan fingerprint density at radius 3 is 1.78 bits per heavy atom. The molecule has 1 heterocycles. The Balaban J connectivity index is 1.70. The Labute approximate surface area is 136 Å². The third-order valence-electron chi connectivity index (χ3n) is 4.33. The number of rotatable bonds is 3. The van der Waals surface area contributed by atoms with Crippen LogP contribution < -0.4 is 5.06 Å². The fraction of sp³-hybridized carbons (Fsp3) is 0.143. The van der Waals surface area contributed by atoms with Gasteiger partial charge in [0.15, 0.2) is 0 Å². The van der Waals surface area contributed by atoms with Crippen molar-refractivity contribution in [1.82, 2.24) is 0 Å². The number of anilines is 1. The highest BCUT2D eigenvalue weighted by Crippen LogP contribution is 2.43. The number of para-hydroxylation sites is 1. The minimum Gasteiger partial charge on any atom is -0.265 e. The van der Waals surface area contributed by atoms with Gasteiger partial charge in [-0.3, -0.25) is 4.84 Å². The predicted octanol–water partition coefficient (Wildman–Crippen LogP) is 5.31. The first-order valence-electron chi connectivity index (χ1n) is 8.03. The van der Waals surface area contributed by atoms with Crippen LogP contribution in [-0.2, 0) is 4.84 Å². The van der Waals surface area contributed by atoms with Gasteiger partial charge >= 0.3 is 0 Å². The van der Waals surface area contributed by atoms with Gasteiger partial charge in [-0.15, -0.1) is 0 Å². The number of benzene rings is 3. The Bertz CT molecular complexity index is 695. The summed E-state index contributed by atoms with van der Waals surface area (Å²) < 4.78 is 0. The predicted molar refractivity (Wildman–Crippen MR) is 93.0 cm³/mol. The molecule has 2 heteroatoms. The first-order chi connectivity index (χ1) is 11.4. The van der Waals surface area contributed by atoms with E-state index in [1.54, 1.807) is 0 Å². The smallest absolute Gasteiger partial charge is 0.113 e. The summed E-state index contributed by atoms with van der Waals surface area (Å²) in [5.74, 6) is 0. The zero-order valence-corrected chi connectivity index (χ0v) is 12.9. The van der Waals surface area contributed by atoms with Crippen molar-refractivity contribution in [2.45, 2.75) is 18.6 Å². The van der Waals surface area contributed by atoms with Gasteiger partial charge in [-0.25, -0.2) is 5.06 Å². The summed E-state index contributed by atoms with van der Waals surface area (Å²) >= 11 is 0. The van der Waals surface area contributed by atoms with E-state index >= 15 is 0 Å². The minimum atomic E-state index is 0.0848. The molecule has 2 nitrogen and oxygen atoms in total. The fourth-order valence-corrected chi connectivity index (χ4v) is 3.18. The second-order valence-corrected chi connectivity index (χ2v) is 5.83. The van der Waals surface area contributed by atoms with E-state index in [2.05, 4.69) is 83.9 Å². The van der Waals surface area contributed by atoms with Crippen molar-refractivity contribution < 1.29 is 4.84 Å². The summed E-state index contributed by atoms with van der Waals surface area (Å²) in [4.78, 5) is 6.33. The molecule has 114 valence electrons. The molecular weight excluding hydrogens is 282 g/mol. The van der Waals surface area contributed by atoms with E-state index in [0.717, 1.165) is 12.1 Å². The van der Waals surface area contributed by atoms with Crippen LogP contribution in [0, 0.1) is 0 Å². The highest BCUT2D eigenvalue weighted by Gasteiger charge is 2.35. The van der Waals surface area contributed by atoms with Crippen molar-refractivity contribution in [2.75, 3.05) is 5.06 Å². The Morgan fingerprint density at radius 1 is 0.652 bits per heavy atom. The van der Waals surface area contributed by atoms with Gasteiger partial charge < -0.3 is 0 Å². The highest BCUT2D eigenvalue weighted by atomic mass is 16.7. The quantitative estimate of drug-likeness (QED) is 0.650. The molecule has 0 aromatic heterocycles. The van der Waals surface area contributed by atoms with Crippen LogP contribution in [0.2, 0.25) is 0 Å². The van der Waals surface area contributed by atoms with Crippen LogP contribution in [0.5, 0.6) is 0 Å². The van der Waals surface area contributed by atoms with E-state index in [1.807, 2.05) is 12.1 Å². The molecule has 0 N–H and O–H groups in total. The van der Waals surface area contributed by atoms with Crippen LogP contribution >= 0.6 is 0 Å². The molecule has 0 saturated carbocycles. The summed E-state index contributed by atoms with van der Waals surface area (Å²) in [6.07, 6.45) is 1.03. The lowest BCUT2D eigenvalue weighted by Gasteiger charge is -2.25. The van der Waals surface area contributed by atoms with Crippen LogP contribution in [0.1, 0.15) is 29.7 Å². The zero-order chi connectivity index (χ0) is 15.5. The maximum absolute atomic E-state index is 6.33. The van der Waals surface area contributed by atoms with Crippen LogP contribution in [-0.4, -0.2) is 0 Å². The molecule has 0 aliphatic carbocycles. The third kappa shape index (κ3) is 2.86. The SMILES string of the molecule is c1ccc([C@H]2C[C@@H](c3ccccc3)N(c3ccccc3)O2)cc1. The van der Waals surface area contributed by atoms with Crippen molar-refractivity contribution in [3.63, 3.8) is 0 Å². The lowest BCUT2D eigenvalue weighted by molar-refractivity contribution is 0.0836. The molecule has 23 heavy (non-hydrogen) atoms. The molecule has 3 aromatic rings. The van der Waals surface area contributed by atoms with Crippen molar-refractivity contribution in [3.05, 3.63) is 102 Å². The maximum atomic E-state index is 6.33. The molecule has 4 rings (SSSR count). The number of hydrogen-bond acceptors (Lipinski definition) is 2. The molecule has 0 bridgehead atoms. The van der Waals surface area contributed by atoms with Gasteiger partial charge in [-0.05, 0) is 23.3 Å². The van der Waals surface area contributed by atoms with Crippen molar-refractivity contribution >= 4 is 5.69 Å². The van der Waals surface area contributed by atoms with Gasteiger partial charge in [0.1, 0.15) is 6.10 Å². The minimum absolute atomic E-state index is 0.0848. The topological polar surface area (TPSA) is 12.5 Å². The summed E-state index contributed by atoms with van der Waals surface area (Å²) in [6.45, 7) is 0. The molecule has 0 radical (unpaired) electrons. The van der Waals surface area contributed by atoms with Gasteiger partial charge in [0.05, 0.1) is 11.7 Å². The summed E-state index contributed by atoms with van der Waals surface area (Å²) in [7, 11) is 0. The standard InChI is InChI=1S/C21H19NO/c1-4-10-17(11-5-1)20-16-21(18-12-6-2-7-13-18)23-22(20)19-14-8-3-9-15-19/h1-15,20-21H,16H2/t20-,21+/m0/s1. The van der Waals surface area contributed by atoms with Gasteiger partial charge in [0.2, 0.25) is 0 Å². The average molecular weight is 301 g/mol. The molecule has 2 atom stereocenters. The van der Waals surface area contributed by atoms with E-state index < -0.39 is 0 Å². The Kier molecular flexibility index (Phi) is 3.83. The number of hydroxylamine groups is 1. The lowest BCUT2D eigenvalue weighted by atomic mass is 9.98. The Hall–Kier alpha value is -2.58. The van der Waals surface area contributed by atoms with Gasteiger partial charge in [0.25, 0.3) is 0 Å². The van der Waals surface area contributed by atoms with Crippen LogP contribution in [0.4, 0.5) is 5.69 Å². The molecular formula is C21H19NO.